The number of ether oxygens (including phenoxy) is 2. The first kappa shape index (κ1) is 17.2. The number of methoxy groups -OCH3 is 1. The fraction of sp³-hybridized carbons (Fsp3) is 0.278. The summed E-state index contributed by atoms with van der Waals surface area (Å²) in [4.78, 5) is 12.4. The number of amides is 1. The lowest BCUT2D eigenvalue weighted by Crippen LogP contribution is -2.32. The zero-order chi connectivity index (χ0) is 16.8. The smallest absolute Gasteiger partial charge is 0.265 e. The van der Waals surface area contributed by atoms with Gasteiger partial charge in [0, 0.05) is 5.69 Å². The molecule has 0 saturated heterocycles. The second-order valence-electron chi connectivity index (χ2n) is 5.17. The maximum atomic E-state index is 12.4. The molecule has 23 heavy (non-hydrogen) atoms. The molecular weight excluding hydrogens is 314 g/mol. The first-order chi connectivity index (χ1) is 11.0. The molecule has 0 heterocycles. The summed E-state index contributed by atoms with van der Waals surface area (Å²) in [5.41, 5.74) is 1.69. The van der Waals surface area contributed by atoms with E-state index in [-0.39, 0.29) is 5.91 Å². The first-order valence-electron chi connectivity index (χ1n) is 7.41. The minimum Gasteiger partial charge on any atom is -0.495 e. The van der Waals surface area contributed by atoms with Crippen LogP contribution in [0.5, 0.6) is 11.5 Å². The van der Waals surface area contributed by atoms with Crippen molar-refractivity contribution in [3.05, 3.63) is 53.1 Å². The van der Waals surface area contributed by atoms with Gasteiger partial charge in [0.05, 0.1) is 12.1 Å². The van der Waals surface area contributed by atoms with Gasteiger partial charge in [-0.1, -0.05) is 30.7 Å². The first-order valence-corrected chi connectivity index (χ1v) is 7.79. The molecule has 0 aliphatic heterocycles. The second-order valence-corrected chi connectivity index (χ2v) is 5.58. The van der Waals surface area contributed by atoms with Gasteiger partial charge in [-0.25, -0.2) is 0 Å². The van der Waals surface area contributed by atoms with Crippen LogP contribution < -0.4 is 14.8 Å². The number of hydrogen-bond acceptors (Lipinski definition) is 3. The van der Waals surface area contributed by atoms with Crippen molar-refractivity contribution in [2.45, 2.75) is 26.4 Å². The molecule has 0 bridgehead atoms. The summed E-state index contributed by atoms with van der Waals surface area (Å²) >= 11 is 6.07. The summed E-state index contributed by atoms with van der Waals surface area (Å²) in [6, 6.07) is 12.7. The summed E-state index contributed by atoms with van der Waals surface area (Å²) in [5, 5.41) is 3.26. The Labute approximate surface area is 141 Å². The number of rotatable bonds is 6. The summed E-state index contributed by atoms with van der Waals surface area (Å²) in [7, 11) is 1.54. The number of aryl methyl sites for hydroxylation is 1. The van der Waals surface area contributed by atoms with Crippen molar-refractivity contribution in [1.82, 2.24) is 0 Å². The van der Waals surface area contributed by atoms with E-state index >= 15 is 0 Å². The van der Waals surface area contributed by atoms with Gasteiger partial charge in [-0.3, -0.25) is 4.79 Å². The van der Waals surface area contributed by atoms with Crippen LogP contribution in [-0.2, 0) is 4.79 Å². The van der Waals surface area contributed by atoms with Crippen LogP contribution in [0.15, 0.2) is 42.5 Å². The van der Waals surface area contributed by atoms with Gasteiger partial charge in [0.1, 0.15) is 11.5 Å². The number of carbonyl (C=O) groups excluding carboxylic acids is 1. The lowest BCUT2D eigenvalue weighted by molar-refractivity contribution is -0.122. The molecule has 1 N–H and O–H groups in total. The fourth-order valence-electron chi connectivity index (χ4n) is 2.14. The molecular formula is C18H20ClNO3. The van der Waals surface area contributed by atoms with E-state index in [4.69, 9.17) is 21.1 Å². The lowest BCUT2D eigenvalue weighted by Gasteiger charge is -2.18. The Morgan fingerprint density at radius 3 is 2.65 bits per heavy atom. The predicted octanol–water partition coefficient (Wildman–Crippen LogP) is 4.45. The Kier molecular flexibility index (Phi) is 5.88. The van der Waals surface area contributed by atoms with Gasteiger partial charge in [-0.2, -0.15) is 0 Å². The third-order valence-corrected chi connectivity index (χ3v) is 3.65. The molecule has 2 aromatic rings. The van der Waals surface area contributed by atoms with Crippen molar-refractivity contribution < 1.29 is 14.3 Å². The van der Waals surface area contributed by atoms with Crippen LogP contribution in [-0.4, -0.2) is 19.1 Å². The van der Waals surface area contributed by atoms with E-state index in [1.807, 2.05) is 38.1 Å². The average Bonchev–Trinajstić information content (AvgIpc) is 2.52. The normalized spacial score (nSPS) is 11.7. The van der Waals surface area contributed by atoms with Crippen molar-refractivity contribution in [3.8, 4) is 11.5 Å². The Bertz CT molecular complexity index is 688. The van der Waals surface area contributed by atoms with E-state index in [0.717, 1.165) is 5.56 Å². The number of nitrogens with one attached hydrogen (secondary N) is 1. The molecule has 2 aromatic carbocycles. The van der Waals surface area contributed by atoms with Gasteiger partial charge in [0.15, 0.2) is 6.10 Å². The molecule has 1 atom stereocenters. The monoisotopic (exact) mass is 333 g/mol. The summed E-state index contributed by atoms with van der Waals surface area (Å²) in [6.45, 7) is 3.88. The number of hydrogen-bond donors (Lipinski definition) is 1. The van der Waals surface area contributed by atoms with Crippen molar-refractivity contribution in [1.29, 1.82) is 0 Å². The van der Waals surface area contributed by atoms with Crippen molar-refractivity contribution in [2.24, 2.45) is 0 Å². The van der Waals surface area contributed by atoms with Crippen LogP contribution in [0, 0.1) is 6.92 Å². The molecule has 0 fully saturated rings. The van der Waals surface area contributed by atoms with Gasteiger partial charge >= 0.3 is 0 Å². The topological polar surface area (TPSA) is 47.6 Å². The van der Waals surface area contributed by atoms with Gasteiger partial charge in [-0.05, 0) is 49.2 Å². The third kappa shape index (κ3) is 4.63. The predicted molar refractivity (Wildman–Crippen MR) is 92.5 cm³/mol. The summed E-state index contributed by atoms with van der Waals surface area (Å²) in [6.07, 6.45) is -0.0124. The summed E-state index contributed by atoms with van der Waals surface area (Å²) < 4.78 is 10.9. The van der Waals surface area contributed by atoms with Crippen LogP contribution in [0.1, 0.15) is 18.9 Å². The minimum atomic E-state index is -0.572. The zero-order valence-electron chi connectivity index (χ0n) is 13.4. The number of benzene rings is 2. The Balaban J connectivity index is 2.06. The average molecular weight is 334 g/mol. The molecule has 0 aliphatic rings. The minimum absolute atomic E-state index is 0.213. The van der Waals surface area contributed by atoms with Crippen LogP contribution >= 0.6 is 11.6 Å². The zero-order valence-corrected chi connectivity index (χ0v) is 14.2. The maximum Gasteiger partial charge on any atom is 0.265 e. The Hall–Kier alpha value is -2.20. The highest BCUT2D eigenvalue weighted by Crippen LogP contribution is 2.27. The van der Waals surface area contributed by atoms with E-state index in [1.54, 1.807) is 25.3 Å². The van der Waals surface area contributed by atoms with Crippen molar-refractivity contribution >= 4 is 23.2 Å². The van der Waals surface area contributed by atoms with E-state index in [9.17, 15) is 4.79 Å². The Morgan fingerprint density at radius 2 is 2.04 bits per heavy atom. The van der Waals surface area contributed by atoms with Crippen LogP contribution in [0.4, 0.5) is 5.69 Å². The van der Waals surface area contributed by atoms with E-state index < -0.39 is 6.10 Å². The summed E-state index contributed by atoms with van der Waals surface area (Å²) in [5.74, 6) is 1.03. The van der Waals surface area contributed by atoms with E-state index in [2.05, 4.69) is 5.32 Å². The number of carbonyl (C=O) groups is 1. The molecule has 4 nitrogen and oxygen atoms in total. The molecule has 2 rings (SSSR count). The highest BCUT2D eigenvalue weighted by atomic mass is 35.5. The lowest BCUT2D eigenvalue weighted by atomic mass is 10.2. The van der Waals surface area contributed by atoms with Crippen molar-refractivity contribution in [2.75, 3.05) is 12.4 Å². The van der Waals surface area contributed by atoms with Gasteiger partial charge < -0.3 is 14.8 Å². The molecule has 122 valence electrons. The quantitative estimate of drug-likeness (QED) is 0.849. The van der Waals surface area contributed by atoms with E-state index in [0.29, 0.717) is 28.6 Å². The van der Waals surface area contributed by atoms with Gasteiger partial charge in [-0.15, -0.1) is 0 Å². The number of anilines is 1. The van der Waals surface area contributed by atoms with Crippen LogP contribution in [0.2, 0.25) is 5.02 Å². The van der Waals surface area contributed by atoms with Crippen LogP contribution in [0.25, 0.3) is 0 Å². The molecule has 0 saturated carbocycles. The second kappa shape index (κ2) is 7.88. The molecule has 0 radical (unpaired) electrons. The van der Waals surface area contributed by atoms with E-state index in [1.165, 1.54) is 0 Å². The number of halogens is 1. The highest BCUT2D eigenvalue weighted by molar-refractivity contribution is 6.32. The molecule has 0 spiro atoms. The molecule has 0 unspecified atom stereocenters. The fourth-order valence-corrected chi connectivity index (χ4v) is 2.40. The van der Waals surface area contributed by atoms with Crippen LogP contribution in [0.3, 0.4) is 0 Å². The van der Waals surface area contributed by atoms with Gasteiger partial charge in [0.2, 0.25) is 0 Å². The third-order valence-electron chi connectivity index (χ3n) is 3.35. The highest BCUT2D eigenvalue weighted by Gasteiger charge is 2.19. The van der Waals surface area contributed by atoms with Crippen molar-refractivity contribution in [3.63, 3.8) is 0 Å². The SMILES string of the molecule is CC[C@H](Oc1cccc(C)c1)C(=O)Nc1ccc(OC)c(Cl)c1. The largest absolute Gasteiger partial charge is 0.495 e. The molecule has 0 aromatic heterocycles. The van der Waals surface area contributed by atoms with Gasteiger partial charge in [0.25, 0.3) is 5.91 Å². The standard InChI is InChI=1S/C18H20ClNO3/c1-4-16(23-14-7-5-6-12(2)10-14)18(21)20-13-8-9-17(22-3)15(19)11-13/h5-11,16H,4H2,1-3H3,(H,20,21)/t16-/m0/s1. The molecule has 0 aliphatic carbocycles. The molecule has 1 amide bonds. The Morgan fingerprint density at radius 1 is 1.26 bits per heavy atom. The molecule has 5 heteroatoms. The maximum absolute atomic E-state index is 12.4.